The van der Waals surface area contributed by atoms with Crippen LogP contribution in [-0.2, 0) is 11.3 Å². The van der Waals surface area contributed by atoms with Gasteiger partial charge in [-0.2, -0.15) is 0 Å². The van der Waals surface area contributed by atoms with Crippen molar-refractivity contribution >= 4 is 22.4 Å². The smallest absolute Gasteiger partial charge is 0.242 e. The van der Waals surface area contributed by atoms with Gasteiger partial charge in [0.15, 0.2) is 5.13 Å². The Morgan fingerprint density at radius 2 is 2.28 bits per heavy atom. The summed E-state index contributed by atoms with van der Waals surface area (Å²) in [6.07, 6.45) is 3.89. The minimum Gasteiger partial charge on any atom is -0.320 e. The first kappa shape index (κ1) is 13.5. The first-order valence-electron chi connectivity index (χ1n) is 6.38. The van der Waals surface area contributed by atoms with E-state index in [-0.39, 0.29) is 5.91 Å². The van der Waals surface area contributed by atoms with Crippen LogP contribution in [0.25, 0.3) is 0 Å². The quantitative estimate of drug-likeness (QED) is 0.866. The van der Waals surface area contributed by atoms with Crippen LogP contribution in [0.2, 0.25) is 0 Å². The van der Waals surface area contributed by atoms with E-state index in [1.165, 1.54) is 30.6 Å². The molecule has 0 aromatic carbocycles. The molecule has 1 aliphatic heterocycles. The summed E-state index contributed by atoms with van der Waals surface area (Å²) in [7, 11) is 0. The molecule has 0 saturated carbocycles. The van der Waals surface area contributed by atoms with Crippen LogP contribution in [0.15, 0.2) is 5.38 Å². The summed E-state index contributed by atoms with van der Waals surface area (Å²) in [5.41, 5.74) is 6.53. The normalized spacial score (nSPS) is 18.6. The van der Waals surface area contributed by atoms with Crippen molar-refractivity contribution in [1.29, 1.82) is 0 Å². The first-order chi connectivity index (χ1) is 8.65. The Morgan fingerprint density at radius 1 is 1.56 bits per heavy atom. The second-order valence-electron chi connectivity index (χ2n) is 4.76. The number of anilines is 1. The van der Waals surface area contributed by atoms with E-state index >= 15 is 0 Å². The summed E-state index contributed by atoms with van der Waals surface area (Å²) in [4.78, 5) is 18.3. The van der Waals surface area contributed by atoms with Gasteiger partial charge in [-0.05, 0) is 32.9 Å². The predicted molar refractivity (Wildman–Crippen MR) is 73.5 cm³/mol. The number of hydrogen-bond acceptors (Lipinski definition) is 5. The number of nitrogens with one attached hydrogen (secondary N) is 1. The van der Waals surface area contributed by atoms with E-state index in [0.717, 1.165) is 25.3 Å². The van der Waals surface area contributed by atoms with Crippen LogP contribution >= 0.6 is 11.3 Å². The molecule has 1 aromatic rings. The third kappa shape index (κ3) is 3.76. The zero-order chi connectivity index (χ0) is 13.0. The molecule has 1 amide bonds. The molecule has 2 heterocycles. The highest BCUT2D eigenvalue weighted by molar-refractivity contribution is 7.13. The molecule has 1 saturated heterocycles. The third-order valence-corrected chi connectivity index (χ3v) is 3.84. The van der Waals surface area contributed by atoms with E-state index in [9.17, 15) is 4.79 Å². The summed E-state index contributed by atoms with van der Waals surface area (Å²) in [6, 6.07) is -0.501. The maximum atomic E-state index is 11.4. The molecule has 3 N–H and O–H groups in total. The molecule has 0 aliphatic carbocycles. The van der Waals surface area contributed by atoms with Crippen LogP contribution in [0.4, 0.5) is 5.13 Å². The Kier molecular flexibility index (Phi) is 4.68. The standard InChI is InChI=1S/C12H20N4OS/c1-9(13)11(17)15-12-14-10(8-18-12)7-16-5-3-2-4-6-16/h8-9H,2-7,13H2,1H3,(H,14,15,17)/t9-/m0/s1. The number of amides is 1. The van der Waals surface area contributed by atoms with E-state index in [1.54, 1.807) is 6.92 Å². The van der Waals surface area contributed by atoms with Crippen LogP contribution in [0.5, 0.6) is 0 Å². The summed E-state index contributed by atoms with van der Waals surface area (Å²) < 4.78 is 0. The minimum absolute atomic E-state index is 0.186. The topological polar surface area (TPSA) is 71.2 Å². The SMILES string of the molecule is C[C@H](N)C(=O)Nc1nc(CN2CCCCC2)cs1. The summed E-state index contributed by atoms with van der Waals surface area (Å²) in [5, 5.41) is 5.37. The van der Waals surface area contributed by atoms with Gasteiger partial charge in [-0.25, -0.2) is 4.98 Å². The fourth-order valence-electron chi connectivity index (χ4n) is 2.00. The van der Waals surface area contributed by atoms with Gasteiger partial charge in [-0.3, -0.25) is 9.69 Å². The Hall–Kier alpha value is -0.980. The zero-order valence-corrected chi connectivity index (χ0v) is 11.5. The van der Waals surface area contributed by atoms with Gasteiger partial charge in [0.1, 0.15) is 0 Å². The second-order valence-corrected chi connectivity index (χ2v) is 5.62. The average Bonchev–Trinajstić information content (AvgIpc) is 2.77. The van der Waals surface area contributed by atoms with Gasteiger partial charge in [0.05, 0.1) is 11.7 Å². The van der Waals surface area contributed by atoms with Crippen LogP contribution in [0, 0.1) is 0 Å². The fourth-order valence-corrected chi connectivity index (χ4v) is 2.71. The van der Waals surface area contributed by atoms with Crippen molar-refractivity contribution in [3.05, 3.63) is 11.1 Å². The van der Waals surface area contributed by atoms with Crippen molar-refractivity contribution < 1.29 is 4.79 Å². The molecular weight excluding hydrogens is 248 g/mol. The van der Waals surface area contributed by atoms with Crippen molar-refractivity contribution in [2.45, 2.75) is 38.8 Å². The highest BCUT2D eigenvalue weighted by Gasteiger charge is 2.14. The number of aromatic nitrogens is 1. The van der Waals surface area contributed by atoms with E-state index in [0.29, 0.717) is 5.13 Å². The van der Waals surface area contributed by atoms with Gasteiger partial charge in [-0.15, -0.1) is 11.3 Å². The molecule has 0 bridgehead atoms. The van der Waals surface area contributed by atoms with E-state index in [4.69, 9.17) is 5.73 Å². The molecule has 0 spiro atoms. The summed E-state index contributed by atoms with van der Waals surface area (Å²) in [6.45, 7) is 4.85. The van der Waals surface area contributed by atoms with Crippen molar-refractivity contribution in [3.63, 3.8) is 0 Å². The average molecular weight is 268 g/mol. The molecule has 1 aliphatic rings. The van der Waals surface area contributed by atoms with E-state index < -0.39 is 6.04 Å². The lowest BCUT2D eigenvalue weighted by Gasteiger charge is -2.25. The number of hydrogen-bond donors (Lipinski definition) is 2. The number of rotatable bonds is 4. The molecule has 0 radical (unpaired) electrons. The maximum absolute atomic E-state index is 11.4. The second kappa shape index (κ2) is 6.26. The first-order valence-corrected chi connectivity index (χ1v) is 7.26. The van der Waals surface area contributed by atoms with Gasteiger partial charge in [0.2, 0.25) is 5.91 Å². The maximum Gasteiger partial charge on any atom is 0.242 e. The molecule has 1 atom stereocenters. The zero-order valence-electron chi connectivity index (χ0n) is 10.7. The van der Waals surface area contributed by atoms with E-state index in [2.05, 4.69) is 15.2 Å². The molecule has 5 nitrogen and oxygen atoms in total. The van der Waals surface area contributed by atoms with Crippen LogP contribution in [0.3, 0.4) is 0 Å². The number of piperidine rings is 1. The lowest BCUT2D eigenvalue weighted by molar-refractivity contribution is -0.117. The van der Waals surface area contributed by atoms with Crippen molar-refractivity contribution in [3.8, 4) is 0 Å². The number of carbonyl (C=O) groups is 1. The largest absolute Gasteiger partial charge is 0.320 e. The number of nitrogens with two attached hydrogens (primary N) is 1. The molecule has 1 fully saturated rings. The van der Waals surface area contributed by atoms with Crippen molar-refractivity contribution in [2.75, 3.05) is 18.4 Å². The van der Waals surface area contributed by atoms with E-state index in [1.807, 2.05) is 5.38 Å². The Balaban J connectivity index is 1.87. The number of thiazole rings is 1. The minimum atomic E-state index is -0.501. The third-order valence-electron chi connectivity index (χ3n) is 3.03. The van der Waals surface area contributed by atoms with Gasteiger partial charge in [0.25, 0.3) is 0 Å². The highest BCUT2D eigenvalue weighted by atomic mass is 32.1. The molecular formula is C12H20N4OS. The summed E-state index contributed by atoms with van der Waals surface area (Å²) >= 11 is 1.46. The lowest BCUT2D eigenvalue weighted by atomic mass is 10.1. The van der Waals surface area contributed by atoms with Crippen LogP contribution in [-0.4, -0.2) is 34.9 Å². The molecule has 100 valence electrons. The molecule has 0 unspecified atom stereocenters. The molecule has 2 rings (SSSR count). The van der Waals surface area contributed by atoms with Crippen LogP contribution < -0.4 is 11.1 Å². The predicted octanol–water partition coefficient (Wildman–Crippen LogP) is 1.41. The van der Waals surface area contributed by atoms with Crippen molar-refractivity contribution in [2.24, 2.45) is 5.73 Å². The number of likely N-dealkylation sites (tertiary alicyclic amines) is 1. The Labute approximate surface area is 111 Å². The number of nitrogens with zero attached hydrogens (tertiary/aromatic N) is 2. The lowest BCUT2D eigenvalue weighted by Crippen LogP contribution is -2.32. The highest BCUT2D eigenvalue weighted by Crippen LogP contribution is 2.18. The van der Waals surface area contributed by atoms with Gasteiger partial charge in [0, 0.05) is 11.9 Å². The van der Waals surface area contributed by atoms with Gasteiger partial charge in [-0.1, -0.05) is 6.42 Å². The van der Waals surface area contributed by atoms with Gasteiger partial charge >= 0.3 is 0 Å². The Morgan fingerprint density at radius 3 is 2.94 bits per heavy atom. The monoisotopic (exact) mass is 268 g/mol. The molecule has 18 heavy (non-hydrogen) atoms. The fraction of sp³-hybridized carbons (Fsp3) is 0.667. The number of carbonyl (C=O) groups excluding carboxylic acids is 1. The van der Waals surface area contributed by atoms with Gasteiger partial charge < -0.3 is 11.1 Å². The van der Waals surface area contributed by atoms with Crippen LogP contribution in [0.1, 0.15) is 31.9 Å². The molecule has 6 heteroatoms. The summed E-state index contributed by atoms with van der Waals surface area (Å²) in [5.74, 6) is -0.186. The Bertz CT molecular complexity index is 399. The molecule has 1 aromatic heterocycles. The van der Waals surface area contributed by atoms with Crippen molar-refractivity contribution in [1.82, 2.24) is 9.88 Å².